The number of carbonyl (C=O) groups excluding carboxylic acids is 2. The molecule has 0 fully saturated rings. The number of nitrogens with one attached hydrogen (secondary N) is 1. The van der Waals surface area contributed by atoms with Crippen LogP contribution in [0.4, 0.5) is 5.69 Å². The number of esters is 1. The summed E-state index contributed by atoms with van der Waals surface area (Å²) in [6.45, 7) is 2.50. The normalized spacial score (nSPS) is 10.2. The van der Waals surface area contributed by atoms with E-state index >= 15 is 0 Å². The predicted octanol–water partition coefficient (Wildman–Crippen LogP) is 3.26. The van der Waals surface area contributed by atoms with Crippen LogP contribution in [0, 0.1) is 0 Å². The average molecular weight is 313 g/mol. The maximum Gasteiger partial charge on any atom is 0.338 e. The maximum absolute atomic E-state index is 12.3. The Morgan fingerprint density at radius 2 is 1.78 bits per heavy atom. The molecule has 0 aliphatic carbocycles. The number of methoxy groups -OCH3 is 1. The third kappa shape index (κ3) is 4.66. The van der Waals surface area contributed by atoms with Gasteiger partial charge in [0.05, 0.1) is 18.8 Å². The zero-order valence-corrected chi connectivity index (χ0v) is 13.2. The van der Waals surface area contributed by atoms with Crippen molar-refractivity contribution in [1.29, 1.82) is 0 Å². The van der Waals surface area contributed by atoms with Gasteiger partial charge in [0.2, 0.25) is 0 Å². The zero-order valence-electron chi connectivity index (χ0n) is 13.2. The molecule has 23 heavy (non-hydrogen) atoms. The van der Waals surface area contributed by atoms with E-state index in [1.165, 1.54) is 0 Å². The molecule has 5 nitrogen and oxygen atoms in total. The Morgan fingerprint density at radius 1 is 1.04 bits per heavy atom. The van der Waals surface area contributed by atoms with Gasteiger partial charge in [-0.3, -0.25) is 4.79 Å². The predicted molar refractivity (Wildman–Crippen MR) is 87.5 cm³/mol. The summed E-state index contributed by atoms with van der Waals surface area (Å²) in [6.07, 6.45) is 0. The molecule has 5 heteroatoms. The second kappa shape index (κ2) is 8.10. The van der Waals surface area contributed by atoms with Crippen LogP contribution in [0.2, 0.25) is 0 Å². The van der Waals surface area contributed by atoms with E-state index in [1.54, 1.807) is 56.5 Å². The van der Waals surface area contributed by atoms with Crippen LogP contribution >= 0.6 is 0 Å². The van der Waals surface area contributed by atoms with E-state index in [0.29, 0.717) is 30.0 Å². The molecule has 0 atom stereocenters. The summed E-state index contributed by atoms with van der Waals surface area (Å²) in [7, 11) is 1.60. The molecule has 0 aliphatic heterocycles. The van der Waals surface area contributed by atoms with Gasteiger partial charge in [0, 0.05) is 18.4 Å². The van der Waals surface area contributed by atoms with Crippen LogP contribution in [0.25, 0.3) is 0 Å². The summed E-state index contributed by atoms with van der Waals surface area (Å²) in [6, 6.07) is 13.8. The fraction of sp³-hybridized carbons (Fsp3) is 0.222. The highest BCUT2D eigenvalue weighted by molar-refractivity contribution is 6.05. The molecule has 0 aliphatic rings. The number of carbonyl (C=O) groups is 2. The van der Waals surface area contributed by atoms with Crippen molar-refractivity contribution < 1.29 is 19.1 Å². The van der Waals surface area contributed by atoms with Crippen LogP contribution in [0.3, 0.4) is 0 Å². The number of benzene rings is 2. The van der Waals surface area contributed by atoms with Crippen molar-refractivity contribution in [3.05, 3.63) is 65.2 Å². The zero-order chi connectivity index (χ0) is 16.7. The van der Waals surface area contributed by atoms with E-state index in [0.717, 1.165) is 5.56 Å². The van der Waals surface area contributed by atoms with Crippen LogP contribution in [-0.4, -0.2) is 25.6 Å². The van der Waals surface area contributed by atoms with Crippen LogP contribution in [-0.2, 0) is 16.1 Å². The molecule has 0 aromatic heterocycles. The Kier molecular flexibility index (Phi) is 5.88. The first-order chi connectivity index (χ1) is 11.1. The van der Waals surface area contributed by atoms with Crippen molar-refractivity contribution in [2.75, 3.05) is 19.0 Å². The van der Waals surface area contributed by atoms with E-state index < -0.39 is 5.97 Å². The molecule has 0 heterocycles. The standard InChI is InChI=1S/C18H19NO4/c1-3-23-18(21)15-8-5-9-16(11-15)19-17(20)14-7-4-6-13(10-14)12-22-2/h4-11H,3,12H2,1-2H3,(H,19,20). The molecule has 120 valence electrons. The lowest BCUT2D eigenvalue weighted by molar-refractivity contribution is 0.0526. The van der Waals surface area contributed by atoms with Gasteiger partial charge in [-0.2, -0.15) is 0 Å². The van der Waals surface area contributed by atoms with Crippen LogP contribution in [0.5, 0.6) is 0 Å². The number of anilines is 1. The van der Waals surface area contributed by atoms with Crippen molar-refractivity contribution in [3.8, 4) is 0 Å². The first kappa shape index (κ1) is 16.7. The molecule has 2 aromatic carbocycles. The molecule has 1 N–H and O–H groups in total. The highest BCUT2D eigenvalue weighted by Gasteiger charge is 2.10. The van der Waals surface area contributed by atoms with Crippen LogP contribution in [0.1, 0.15) is 33.2 Å². The van der Waals surface area contributed by atoms with E-state index in [9.17, 15) is 9.59 Å². The van der Waals surface area contributed by atoms with Gasteiger partial charge in [0.25, 0.3) is 5.91 Å². The fourth-order valence-corrected chi connectivity index (χ4v) is 2.11. The molecule has 0 unspecified atom stereocenters. The molecular weight excluding hydrogens is 294 g/mol. The van der Waals surface area contributed by atoms with E-state index in [4.69, 9.17) is 9.47 Å². The summed E-state index contributed by atoms with van der Waals surface area (Å²) in [5.74, 6) is -0.658. The second-order valence-corrected chi connectivity index (χ2v) is 4.89. The first-order valence-corrected chi connectivity index (χ1v) is 7.30. The van der Waals surface area contributed by atoms with Crippen LogP contribution < -0.4 is 5.32 Å². The first-order valence-electron chi connectivity index (χ1n) is 7.30. The number of hydrogen-bond donors (Lipinski definition) is 1. The SMILES string of the molecule is CCOC(=O)c1cccc(NC(=O)c2cccc(COC)c2)c1. The lowest BCUT2D eigenvalue weighted by Crippen LogP contribution is -2.13. The van der Waals surface area contributed by atoms with Crippen molar-refractivity contribution in [1.82, 2.24) is 0 Å². The maximum atomic E-state index is 12.3. The molecule has 1 amide bonds. The third-order valence-electron chi connectivity index (χ3n) is 3.13. The number of ether oxygens (including phenoxy) is 2. The number of rotatable bonds is 6. The van der Waals surface area contributed by atoms with Crippen molar-refractivity contribution >= 4 is 17.6 Å². The molecule has 0 spiro atoms. The van der Waals surface area contributed by atoms with Crippen molar-refractivity contribution in [3.63, 3.8) is 0 Å². The van der Waals surface area contributed by atoms with E-state index in [1.807, 2.05) is 6.07 Å². The average Bonchev–Trinajstić information content (AvgIpc) is 2.56. The minimum absolute atomic E-state index is 0.246. The van der Waals surface area contributed by atoms with Gasteiger partial charge in [0.15, 0.2) is 0 Å². The molecule has 0 radical (unpaired) electrons. The van der Waals surface area contributed by atoms with Gasteiger partial charge >= 0.3 is 5.97 Å². The lowest BCUT2D eigenvalue weighted by Gasteiger charge is -2.08. The Morgan fingerprint density at radius 3 is 2.52 bits per heavy atom. The smallest absolute Gasteiger partial charge is 0.338 e. The van der Waals surface area contributed by atoms with E-state index in [-0.39, 0.29) is 5.91 Å². The van der Waals surface area contributed by atoms with Crippen molar-refractivity contribution in [2.24, 2.45) is 0 Å². The summed E-state index contributed by atoms with van der Waals surface area (Å²) in [5.41, 5.74) is 2.39. The Bertz CT molecular complexity index is 697. The summed E-state index contributed by atoms with van der Waals surface area (Å²) < 4.78 is 10.0. The molecular formula is C18H19NO4. The highest BCUT2D eigenvalue weighted by atomic mass is 16.5. The summed E-state index contributed by atoms with van der Waals surface area (Å²) >= 11 is 0. The fourth-order valence-electron chi connectivity index (χ4n) is 2.11. The molecule has 0 saturated carbocycles. The minimum Gasteiger partial charge on any atom is -0.462 e. The van der Waals surface area contributed by atoms with Gasteiger partial charge in [-0.05, 0) is 42.8 Å². The van der Waals surface area contributed by atoms with E-state index in [2.05, 4.69) is 5.32 Å². The molecule has 0 saturated heterocycles. The Hall–Kier alpha value is -2.66. The van der Waals surface area contributed by atoms with Gasteiger partial charge in [-0.15, -0.1) is 0 Å². The minimum atomic E-state index is -0.411. The summed E-state index contributed by atoms with van der Waals surface area (Å²) in [5, 5.41) is 2.78. The third-order valence-corrected chi connectivity index (χ3v) is 3.13. The van der Waals surface area contributed by atoms with Gasteiger partial charge in [0.1, 0.15) is 0 Å². The lowest BCUT2D eigenvalue weighted by atomic mass is 10.1. The number of hydrogen-bond acceptors (Lipinski definition) is 4. The molecule has 2 aromatic rings. The molecule has 2 rings (SSSR count). The topological polar surface area (TPSA) is 64.6 Å². The largest absolute Gasteiger partial charge is 0.462 e. The Balaban J connectivity index is 2.12. The molecule has 0 bridgehead atoms. The highest BCUT2D eigenvalue weighted by Crippen LogP contribution is 2.14. The Labute approximate surface area is 135 Å². The number of amides is 1. The quantitative estimate of drug-likeness (QED) is 0.831. The van der Waals surface area contributed by atoms with Crippen LogP contribution in [0.15, 0.2) is 48.5 Å². The monoisotopic (exact) mass is 313 g/mol. The van der Waals surface area contributed by atoms with Crippen molar-refractivity contribution in [2.45, 2.75) is 13.5 Å². The summed E-state index contributed by atoms with van der Waals surface area (Å²) in [4.78, 5) is 24.0. The van der Waals surface area contributed by atoms with Gasteiger partial charge in [-0.25, -0.2) is 4.79 Å². The second-order valence-electron chi connectivity index (χ2n) is 4.89. The van der Waals surface area contributed by atoms with Gasteiger partial charge in [-0.1, -0.05) is 18.2 Å². The van der Waals surface area contributed by atoms with Gasteiger partial charge < -0.3 is 14.8 Å².